The molecule has 0 spiro atoms. The quantitative estimate of drug-likeness (QED) is 0.587. The smallest absolute Gasteiger partial charge is 0.224 e. The number of nitrogens with zero attached hydrogens (tertiary/aromatic N) is 1. The molecule has 0 heterocycles. The molecule has 0 atom stereocenters. The van der Waals surface area contributed by atoms with Crippen LogP contribution in [0.5, 0.6) is 0 Å². The number of anilines is 2. The average molecular weight is 240 g/mol. The molecule has 16 heavy (non-hydrogen) atoms. The lowest BCUT2D eigenvalue weighted by Crippen LogP contribution is -2.30. The van der Waals surface area contributed by atoms with Gasteiger partial charge in [0.25, 0.3) is 0 Å². The third kappa shape index (κ3) is 2.61. The minimum absolute atomic E-state index is 0.0185. The Morgan fingerprint density at radius 3 is 2.56 bits per heavy atom. The lowest BCUT2D eigenvalue weighted by atomic mass is 10.1. The van der Waals surface area contributed by atoms with Crippen molar-refractivity contribution < 1.29 is 0 Å². The van der Waals surface area contributed by atoms with Gasteiger partial charge in [-0.15, -0.1) is 0 Å². The molecule has 1 rings (SSSR count). The Kier molecular flexibility index (Phi) is 4.93. The average Bonchev–Trinajstić information content (AvgIpc) is 2.28. The van der Waals surface area contributed by atoms with Crippen molar-refractivity contribution in [2.75, 3.05) is 30.4 Å². The van der Waals surface area contributed by atoms with E-state index in [-0.39, 0.29) is 5.43 Å². The van der Waals surface area contributed by atoms with Crippen molar-refractivity contribution in [3.8, 4) is 0 Å². The molecule has 0 saturated heterocycles. The van der Waals surface area contributed by atoms with Gasteiger partial charge in [0.1, 0.15) is 10.2 Å². The molecule has 0 unspecified atom stereocenters. The largest absolute Gasteiger partial charge is 0.382 e. The Hall–Kier alpha value is -0.900. The van der Waals surface area contributed by atoms with Crippen LogP contribution in [-0.2, 0) is 0 Å². The van der Waals surface area contributed by atoms with Crippen molar-refractivity contribution in [3.05, 3.63) is 14.7 Å². The summed E-state index contributed by atoms with van der Waals surface area (Å²) in [4.78, 5) is 13.7. The maximum Gasteiger partial charge on any atom is 0.224 e. The van der Waals surface area contributed by atoms with E-state index in [0.29, 0.717) is 4.51 Å². The number of rotatable bonds is 7. The minimum Gasteiger partial charge on any atom is -0.382 e. The standard InChI is InChI=1S/C12H20N2OS/c1-4-6-7-8-14(3)10-9(13-5-2)12(16)11(10)15/h13H,4-8H2,1-3H3. The molecule has 0 amide bonds. The van der Waals surface area contributed by atoms with Crippen LogP contribution in [0, 0.1) is 4.51 Å². The maximum atomic E-state index is 11.6. The van der Waals surface area contributed by atoms with Crippen LogP contribution in [0.3, 0.4) is 0 Å². The minimum atomic E-state index is 0.0185. The Balaban J connectivity index is 2.68. The Labute approximate surface area is 102 Å². The SMILES string of the molecule is CCCCCN(C)c1c(NCC)c(=S)c1=O. The van der Waals surface area contributed by atoms with Crippen LogP contribution in [0.2, 0.25) is 0 Å². The number of nitrogens with one attached hydrogen (secondary N) is 1. The molecular formula is C12H20N2OS. The van der Waals surface area contributed by atoms with Crippen molar-refractivity contribution in [1.29, 1.82) is 0 Å². The summed E-state index contributed by atoms with van der Waals surface area (Å²) in [7, 11) is 1.96. The second-order valence-electron chi connectivity index (χ2n) is 4.04. The van der Waals surface area contributed by atoms with Gasteiger partial charge in [0, 0.05) is 20.1 Å². The molecular weight excluding hydrogens is 220 g/mol. The van der Waals surface area contributed by atoms with Gasteiger partial charge in [-0.3, -0.25) is 4.79 Å². The third-order valence-electron chi connectivity index (χ3n) is 2.72. The van der Waals surface area contributed by atoms with Crippen molar-refractivity contribution >= 4 is 23.6 Å². The summed E-state index contributed by atoms with van der Waals surface area (Å²) in [6.07, 6.45) is 3.52. The summed E-state index contributed by atoms with van der Waals surface area (Å²) in [5.41, 5.74) is 1.65. The lowest BCUT2D eigenvalue weighted by Gasteiger charge is -2.24. The molecule has 0 aromatic heterocycles. The van der Waals surface area contributed by atoms with Crippen LogP contribution >= 0.6 is 12.2 Å². The van der Waals surface area contributed by atoms with Crippen LogP contribution in [0.25, 0.3) is 0 Å². The number of unbranched alkanes of at least 4 members (excludes halogenated alkanes) is 2. The third-order valence-corrected chi connectivity index (χ3v) is 3.11. The van der Waals surface area contributed by atoms with Gasteiger partial charge in [-0.05, 0) is 13.3 Å². The molecule has 1 N–H and O–H groups in total. The first-order chi connectivity index (χ1) is 7.63. The zero-order valence-corrected chi connectivity index (χ0v) is 11.1. The van der Waals surface area contributed by atoms with Crippen molar-refractivity contribution in [1.82, 2.24) is 0 Å². The highest BCUT2D eigenvalue weighted by Gasteiger charge is 2.20. The first-order valence-corrected chi connectivity index (χ1v) is 6.32. The summed E-state index contributed by atoms with van der Waals surface area (Å²) < 4.78 is 0.458. The lowest BCUT2D eigenvalue weighted by molar-refractivity contribution is 0.703. The van der Waals surface area contributed by atoms with Gasteiger partial charge < -0.3 is 10.2 Å². The second kappa shape index (κ2) is 5.99. The molecule has 0 aliphatic carbocycles. The Morgan fingerprint density at radius 1 is 1.31 bits per heavy atom. The number of hydrogen-bond donors (Lipinski definition) is 1. The fraction of sp³-hybridized carbons (Fsp3) is 0.667. The van der Waals surface area contributed by atoms with Crippen LogP contribution in [-0.4, -0.2) is 20.1 Å². The molecule has 0 bridgehead atoms. The zero-order valence-electron chi connectivity index (χ0n) is 10.3. The van der Waals surface area contributed by atoms with Crippen LogP contribution < -0.4 is 15.6 Å². The van der Waals surface area contributed by atoms with Crippen molar-refractivity contribution in [2.24, 2.45) is 0 Å². The molecule has 1 aromatic carbocycles. The van der Waals surface area contributed by atoms with E-state index in [1.165, 1.54) is 12.8 Å². The van der Waals surface area contributed by atoms with E-state index in [9.17, 15) is 4.79 Å². The molecule has 0 saturated carbocycles. The van der Waals surface area contributed by atoms with E-state index in [2.05, 4.69) is 12.2 Å². The molecule has 3 nitrogen and oxygen atoms in total. The van der Waals surface area contributed by atoms with Gasteiger partial charge in [-0.25, -0.2) is 0 Å². The van der Waals surface area contributed by atoms with E-state index >= 15 is 0 Å². The molecule has 1 aromatic rings. The first-order valence-electron chi connectivity index (χ1n) is 5.91. The van der Waals surface area contributed by atoms with Gasteiger partial charge in [0.05, 0.1) is 5.69 Å². The first kappa shape index (κ1) is 13.2. The normalized spacial score (nSPS) is 10.7. The van der Waals surface area contributed by atoms with Crippen molar-refractivity contribution in [2.45, 2.75) is 33.1 Å². The van der Waals surface area contributed by atoms with E-state index in [4.69, 9.17) is 12.2 Å². The highest BCUT2D eigenvalue weighted by atomic mass is 32.1. The van der Waals surface area contributed by atoms with Crippen LogP contribution in [0.1, 0.15) is 33.1 Å². The maximum absolute atomic E-state index is 11.6. The van der Waals surface area contributed by atoms with E-state index in [1.807, 2.05) is 18.9 Å². The predicted octanol–water partition coefficient (Wildman–Crippen LogP) is 2.71. The summed E-state index contributed by atoms with van der Waals surface area (Å²) in [6.45, 7) is 5.90. The van der Waals surface area contributed by atoms with Gasteiger partial charge >= 0.3 is 0 Å². The van der Waals surface area contributed by atoms with Crippen LogP contribution in [0.4, 0.5) is 11.4 Å². The predicted molar refractivity (Wildman–Crippen MR) is 72.9 cm³/mol. The van der Waals surface area contributed by atoms with Gasteiger partial charge in [-0.2, -0.15) is 0 Å². The Bertz CT molecular complexity index is 407. The molecule has 90 valence electrons. The highest BCUT2D eigenvalue weighted by Crippen LogP contribution is 2.26. The fourth-order valence-corrected chi connectivity index (χ4v) is 2.06. The van der Waals surface area contributed by atoms with Crippen molar-refractivity contribution in [3.63, 3.8) is 0 Å². The van der Waals surface area contributed by atoms with E-state index < -0.39 is 0 Å². The van der Waals surface area contributed by atoms with Gasteiger partial charge in [-0.1, -0.05) is 32.0 Å². The molecule has 4 heteroatoms. The number of hydrogen-bond acceptors (Lipinski definition) is 4. The molecule has 0 aliphatic heterocycles. The molecule has 0 fully saturated rings. The Morgan fingerprint density at radius 2 is 2.00 bits per heavy atom. The second-order valence-corrected chi connectivity index (χ2v) is 4.45. The monoisotopic (exact) mass is 240 g/mol. The topological polar surface area (TPSA) is 32.3 Å². The molecule has 0 aliphatic rings. The summed E-state index contributed by atoms with van der Waals surface area (Å²) in [6, 6.07) is 0. The van der Waals surface area contributed by atoms with Gasteiger partial charge in [0.2, 0.25) is 5.43 Å². The molecule has 0 radical (unpaired) electrons. The summed E-state index contributed by atoms with van der Waals surface area (Å²) in [5.74, 6) is 0. The van der Waals surface area contributed by atoms with Gasteiger partial charge in [0.15, 0.2) is 0 Å². The fourth-order valence-electron chi connectivity index (χ4n) is 1.80. The van der Waals surface area contributed by atoms with Crippen LogP contribution in [0.15, 0.2) is 4.79 Å². The summed E-state index contributed by atoms with van der Waals surface area (Å²) in [5, 5.41) is 3.16. The summed E-state index contributed by atoms with van der Waals surface area (Å²) >= 11 is 5.03. The highest BCUT2D eigenvalue weighted by molar-refractivity contribution is 7.71. The van der Waals surface area contributed by atoms with E-state index in [1.54, 1.807) is 0 Å². The zero-order chi connectivity index (χ0) is 12.1. The van der Waals surface area contributed by atoms with E-state index in [0.717, 1.165) is 30.9 Å².